The number of ether oxygens (including phenoxy) is 2. The van der Waals surface area contributed by atoms with Gasteiger partial charge in [0.25, 0.3) is 0 Å². The summed E-state index contributed by atoms with van der Waals surface area (Å²) in [6.07, 6.45) is 2.54. The molecule has 2 N–H and O–H groups in total. The van der Waals surface area contributed by atoms with E-state index in [4.69, 9.17) is 9.47 Å². The molecule has 2 aromatic carbocycles. The molecule has 0 bridgehead atoms. The first-order valence-electron chi connectivity index (χ1n) is 8.28. The van der Waals surface area contributed by atoms with E-state index in [2.05, 4.69) is 20.0 Å². The highest BCUT2D eigenvalue weighted by Crippen LogP contribution is 2.32. The Kier molecular flexibility index (Phi) is 5.65. The molecule has 146 valence electrons. The maximum Gasteiger partial charge on any atom is 0.229 e. The Bertz CT molecular complexity index is 1090. The molecule has 1 aromatic heterocycles. The standard InChI is InChI=1S/C19H20N4O4S/c1-26-17-7-5-4-6-14(17)16-11-19(21-12-20-16)22-13-8-9-15(18(10-13)27-2)23-28(3,24)25/h4-12,23H,1-3H3,(H,20,21,22). The summed E-state index contributed by atoms with van der Waals surface area (Å²) in [5.41, 5.74) is 2.59. The molecule has 8 nitrogen and oxygen atoms in total. The monoisotopic (exact) mass is 400 g/mol. The Labute approximate surface area is 163 Å². The van der Waals surface area contributed by atoms with Gasteiger partial charge in [0.15, 0.2) is 0 Å². The molecule has 0 saturated heterocycles. The van der Waals surface area contributed by atoms with Gasteiger partial charge in [0.05, 0.1) is 31.9 Å². The molecule has 28 heavy (non-hydrogen) atoms. The third-order valence-electron chi connectivity index (χ3n) is 3.82. The van der Waals surface area contributed by atoms with Crippen molar-refractivity contribution in [1.82, 2.24) is 9.97 Å². The number of benzene rings is 2. The molecule has 0 amide bonds. The third kappa shape index (κ3) is 4.68. The predicted octanol–water partition coefficient (Wildman–Crippen LogP) is 3.28. The average Bonchev–Trinajstić information content (AvgIpc) is 2.68. The minimum absolute atomic E-state index is 0.355. The van der Waals surface area contributed by atoms with Crippen LogP contribution in [0.1, 0.15) is 0 Å². The van der Waals surface area contributed by atoms with Crippen molar-refractivity contribution in [2.45, 2.75) is 0 Å². The lowest BCUT2D eigenvalue weighted by Crippen LogP contribution is -2.10. The summed E-state index contributed by atoms with van der Waals surface area (Å²) >= 11 is 0. The van der Waals surface area contributed by atoms with Crippen molar-refractivity contribution in [3.63, 3.8) is 0 Å². The smallest absolute Gasteiger partial charge is 0.229 e. The van der Waals surface area contributed by atoms with E-state index >= 15 is 0 Å². The maximum absolute atomic E-state index is 11.5. The molecule has 0 saturated carbocycles. The SMILES string of the molecule is COc1cc(Nc2cc(-c3ccccc3OC)ncn2)ccc1NS(C)(=O)=O. The van der Waals surface area contributed by atoms with Gasteiger partial charge in [-0.1, -0.05) is 12.1 Å². The van der Waals surface area contributed by atoms with Crippen LogP contribution in [0.4, 0.5) is 17.2 Å². The van der Waals surface area contributed by atoms with E-state index in [1.165, 1.54) is 13.4 Å². The molecule has 0 aliphatic rings. The first-order chi connectivity index (χ1) is 13.4. The highest BCUT2D eigenvalue weighted by molar-refractivity contribution is 7.92. The van der Waals surface area contributed by atoms with Gasteiger partial charge in [-0.15, -0.1) is 0 Å². The number of sulfonamides is 1. The van der Waals surface area contributed by atoms with Gasteiger partial charge < -0.3 is 14.8 Å². The number of para-hydroxylation sites is 1. The molecule has 0 spiro atoms. The fourth-order valence-electron chi connectivity index (χ4n) is 2.63. The van der Waals surface area contributed by atoms with Crippen molar-refractivity contribution in [3.05, 3.63) is 54.9 Å². The lowest BCUT2D eigenvalue weighted by molar-refractivity contribution is 0.416. The molecule has 9 heteroatoms. The number of hydrogen-bond acceptors (Lipinski definition) is 7. The van der Waals surface area contributed by atoms with Crippen molar-refractivity contribution in [2.24, 2.45) is 0 Å². The van der Waals surface area contributed by atoms with E-state index in [0.717, 1.165) is 11.8 Å². The van der Waals surface area contributed by atoms with Crippen LogP contribution in [0.2, 0.25) is 0 Å². The average molecular weight is 400 g/mol. The largest absolute Gasteiger partial charge is 0.496 e. The number of nitrogens with one attached hydrogen (secondary N) is 2. The molecule has 0 aliphatic heterocycles. The second-order valence-electron chi connectivity index (χ2n) is 5.90. The molecule has 0 unspecified atom stereocenters. The normalized spacial score (nSPS) is 11.0. The minimum atomic E-state index is -3.41. The summed E-state index contributed by atoms with van der Waals surface area (Å²) in [6, 6.07) is 14.4. The van der Waals surface area contributed by atoms with Crippen LogP contribution in [-0.4, -0.2) is 38.9 Å². The summed E-state index contributed by atoms with van der Waals surface area (Å²) in [5, 5.41) is 3.17. The number of anilines is 3. The summed E-state index contributed by atoms with van der Waals surface area (Å²) in [6.45, 7) is 0. The van der Waals surface area contributed by atoms with Crippen LogP contribution in [0.3, 0.4) is 0 Å². The maximum atomic E-state index is 11.5. The topological polar surface area (TPSA) is 102 Å². The molecule has 0 atom stereocenters. The fraction of sp³-hybridized carbons (Fsp3) is 0.158. The number of aromatic nitrogens is 2. The summed E-state index contributed by atoms with van der Waals surface area (Å²) in [4.78, 5) is 8.55. The van der Waals surface area contributed by atoms with Crippen molar-refractivity contribution in [3.8, 4) is 22.8 Å². The zero-order chi connectivity index (χ0) is 20.1. The van der Waals surface area contributed by atoms with E-state index in [1.807, 2.05) is 24.3 Å². The van der Waals surface area contributed by atoms with Gasteiger partial charge in [-0.2, -0.15) is 0 Å². The highest BCUT2D eigenvalue weighted by atomic mass is 32.2. The lowest BCUT2D eigenvalue weighted by Gasteiger charge is -2.13. The summed E-state index contributed by atoms with van der Waals surface area (Å²) in [7, 11) is -0.329. The van der Waals surface area contributed by atoms with Crippen LogP contribution in [0.25, 0.3) is 11.3 Å². The zero-order valence-electron chi connectivity index (χ0n) is 15.6. The molecular formula is C19H20N4O4S. The van der Waals surface area contributed by atoms with E-state index < -0.39 is 10.0 Å². The van der Waals surface area contributed by atoms with Gasteiger partial charge >= 0.3 is 0 Å². The second-order valence-corrected chi connectivity index (χ2v) is 7.65. The van der Waals surface area contributed by atoms with Crippen molar-refractivity contribution in [2.75, 3.05) is 30.5 Å². The number of hydrogen-bond donors (Lipinski definition) is 2. The minimum Gasteiger partial charge on any atom is -0.496 e. The van der Waals surface area contributed by atoms with Crippen LogP contribution >= 0.6 is 0 Å². The van der Waals surface area contributed by atoms with Crippen molar-refractivity contribution in [1.29, 1.82) is 0 Å². The first-order valence-corrected chi connectivity index (χ1v) is 10.2. The van der Waals surface area contributed by atoms with E-state index in [-0.39, 0.29) is 0 Å². The van der Waals surface area contributed by atoms with Gasteiger partial charge in [-0.05, 0) is 24.3 Å². The molecule has 3 rings (SSSR count). The Morgan fingerprint density at radius 2 is 1.68 bits per heavy atom. The summed E-state index contributed by atoms with van der Waals surface area (Å²) in [5.74, 6) is 1.67. The van der Waals surface area contributed by atoms with Gasteiger partial charge in [0.1, 0.15) is 23.6 Å². The zero-order valence-corrected chi connectivity index (χ0v) is 16.4. The molecule has 1 heterocycles. The third-order valence-corrected chi connectivity index (χ3v) is 4.41. The van der Waals surface area contributed by atoms with Gasteiger partial charge in [0, 0.05) is 23.4 Å². The van der Waals surface area contributed by atoms with Crippen molar-refractivity contribution >= 4 is 27.2 Å². The van der Waals surface area contributed by atoms with Crippen molar-refractivity contribution < 1.29 is 17.9 Å². The highest BCUT2D eigenvalue weighted by Gasteiger charge is 2.11. The molecule has 0 radical (unpaired) electrons. The van der Waals surface area contributed by atoms with Crippen LogP contribution in [0.5, 0.6) is 11.5 Å². The molecule has 0 fully saturated rings. The number of nitrogens with zero attached hydrogens (tertiary/aromatic N) is 2. The number of rotatable bonds is 7. The Hall–Kier alpha value is -3.33. The quantitative estimate of drug-likeness (QED) is 0.627. The van der Waals surface area contributed by atoms with E-state index in [1.54, 1.807) is 31.4 Å². The summed E-state index contributed by atoms with van der Waals surface area (Å²) < 4.78 is 36.0. The second kappa shape index (κ2) is 8.13. The Morgan fingerprint density at radius 3 is 2.39 bits per heavy atom. The Balaban J connectivity index is 1.88. The fourth-order valence-corrected chi connectivity index (χ4v) is 3.20. The van der Waals surface area contributed by atoms with E-state index in [9.17, 15) is 8.42 Å². The van der Waals surface area contributed by atoms with E-state index in [0.29, 0.717) is 34.4 Å². The van der Waals surface area contributed by atoms with Crippen LogP contribution in [-0.2, 0) is 10.0 Å². The van der Waals surface area contributed by atoms with Gasteiger partial charge in [0.2, 0.25) is 10.0 Å². The molecule has 3 aromatic rings. The van der Waals surface area contributed by atoms with Crippen LogP contribution in [0, 0.1) is 0 Å². The van der Waals surface area contributed by atoms with Crippen LogP contribution < -0.4 is 19.5 Å². The Morgan fingerprint density at radius 1 is 0.929 bits per heavy atom. The number of methoxy groups -OCH3 is 2. The molecule has 0 aliphatic carbocycles. The predicted molar refractivity (Wildman–Crippen MR) is 109 cm³/mol. The molecular weight excluding hydrogens is 380 g/mol. The first kappa shape index (κ1) is 19.4. The van der Waals surface area contributed by atoms with Gasteiger partial charge in [-0.3, -0.25) is 4.72 Å². The van der Waals surface area contributed by atoms with Crippen LogP contribution in [0.15, 0.2) is 54.9 Å². The lowest BCUT2D eigenvalue weighted by atomic mass is 10.1. The van der Waals surface area contributed by atoms with Gasteiger partial charge in [-0.25, -0.2) is 18.4 Å².